The summed E-state index contributed by atoms with van der Waals surface area (Å²) < 4.78 is 27.9. The van der Waals surface area contributed by atoms with Crippen LogP contribution in [0, 0.1) is 13.8 Å². The molecule has 0 atom stereocenters. The lowest BCUT2D eigenvalue weighted by Crippen LogP contribution is -2.25. The summed E-state index contributed by atoms with van der Waals surface area (Å²) in [4.78, 5) is 6.08. The Labute approximate surface area is 135 Å². The third-order valence-corrected chi connectivity index (χ3v) is 5.90. The number of sulfonamides is 1. The SMILES string of the molecule is Cc1cc(CNS(=O)(=O)c2cc(Br)cnc2NN)sc1C. The van der Waals surface area contributed by atoms with Crippen molar-refractivity contribution >= 4 is 43.1 Å². The largest absolute Gasteiger partial charge is 0.307 e. The molecule has 2 rings (SSSR count). The zero-order valence-corrected chi connectivity index (χ0v) is 14.7. The maximum absolute atomic E-state index is 12.4. The van der Waals surface area contributed by atoms with E-state index in [2.05, 4.69) is 31.1 Å². The molecule has 0 spiro atoms. The van der Waals surface area contributed by atoms with Gasteiger partial charge in [0.1, 0.15) is 4.90 Å². The monoisotopic (exact) mass is 390 g/mol. The van der Waals surface area contributed by atoms with E-state index < -0.39 is 10.0 Å². The van der Waals surface area contributed by atoms with Gasteiger partial charge in [0.2, 0.25) is 10.0 Å². The molecule has 0 saturated heterocycles. The van der Waals surface area contributed by atoms with Crippen molar-refractivity contribution in [2.75, 3.05) is 5.43 Å². The minimum absolute atomic E-state index is 0.00405. The van der Waals surface area contributed by atoms with Crippen LogP contribution >= 0.6 is 27.3 Å². The highest BCUT2D eigenvalue weighted by atomic mass is 79.9. The molecule has 9 heteroatoms. The third kappa shape index (κ3) is 3.80. The Morgan fingerprint density at radius 3 is 2.67 bits per heavy atom. The zero-order chi connectivity index (χ0) is 15.6. The molecule has 2 heterocycles. The van der Waals surface area contributed by atoms with E-state index in [0.717, 1.165) is 10.4 Å². The summed E-state index contributed by atoms with van der Waals surface area (Å²) in [5, 5.41) is 0. The Morgan fingerprint density at radius 2 is 2.10 bits per heavy atom. The number of anilines is 1. The summed E-state index contributed by atoms with van der Waals surface area (Å²) in [6, 6.07) is 3.43. The van der Waals surface area contributed by atoms with Crippen molar-refractivity contribution in [2.45, 2.75) is 25.3 Å². The van der Waals surface area contributed by atoms with Gasteiger partial charge in [-0.2, -0.15) is 0 Å². The smallest absolute Gasteiger partial charge is 0.244 e. The number of thiophene rings is 1. The van der Waals surface area contributed by atoms with Crippen LogP contribution < -0.4 is 16.0 Å². The molecule has 2 aromatic rings. The van der Waals surface area contributed by atoms with Crippen molar-refractivity contribution in [3.63, 3.8) is 0 Å². The summed E-state index contributed by atoms with van der Waals surface area (Å²) in [5.74, 6) is 5.41. The van der Waals surface area contributed by atoms with E-state index in [1.165, 1.54) is 17.1 Å². The number of nitrogens with zero attached hydrogens (tertiary/aromatic N) is 1. The molecule has 0 aliphatic heterocycles. The molecule has 0 bridgehead atoms. The van der Waals surface area contributed by atoms with Gasteiger partial charge in [0.05, 0.1) is 0 Å². The minimum Gasteiger partial charge on any atom is -0.307 e. The number of nitrogens with two attached hydrogens (primary N) is 1. The van der Waals surface area contributed by atoms with E-state index in [1.807, 2.05) is 19.9 Å². The molecule has 0 fully saturated rings. The zero-order valence-electron chi connectivity index (χ0n) is 11.5. The second-order valence-corrected chi connectivity index (χ2v) is 8.41. The summed E-state index contributed by atoms with van der Waals surface area (Å²) in [6.45, 7) is 4.24. The number of nitrogen functional groups attached to an aromatic ring is 1. The molecule has 4 N–H and O–H groups in total. The molecule has 2 aromatic heterocycles. The van der Waals surface area contributed by atoms with Gasteiger partial charge in [0.15, 0.2) is 5.82 Å². The highest BCUT2D eigenvalue weighted by Crippen LogP contribution is 2.24. The van der Waals surface area contributed by atoms with Crippen molar-refractivity contribution in [2.24, 2.45) is 5.84 Å². The molecule has 0 aromatic carbocycles. The lowest BCUT2D eigenvalue weighted by molar-refractivity contribution is 0.581. The molecule has 0 unspecified atom stereocenters. The van der Waals surface area contributed by atoms with Crippen molar-refractivity contribution in [3.8, 4) is 0 Å². The lowest BCUT2D eigenvalue weighted by Gasteiger charge is -2.10. The van der Waals surface area contributed by atoms with Gasteiger partial charge in [-0.25, -0.2) is 24.0 Å². The molecule has 0 aliphatic rings. The van der Waals surface area contributed by atoms with E-state index in [0.29, 0.717) is 4.47 Å². The summed E-state index contributed by atoms with van der Waals surface area (Å²) >= 11 is 4.78. The Balaban J connectivity index is 2.24. The molecule has 114 valence electrons. The maximum Gasteiger partial charge on any atom is 0.244 e. The molecular formula is C12H15BrN4O2S2. The molecule has 21 heavy (non-hydrogen) atoms. The number of pyridine rings is 1. The van der Waals surface area contributed by atoms with Gasteiger partial charge in [-0.15, -0.1) is 11.3 Å². The second kappa shape index (κ2) is 6.41. The first-order valence-electron chi connectivity index (χ1n) is 6.01. The quantitative estimate of drug-likeness (QED) is 0.537. The Bertz CT molecular complexity index is 739. The summed E-state index contributed by atoms with van der Waals surface area (Å²) in [5.41, 5.74) is 3.45. The topological polar surface area (TPSA) is 97.1 Å². The number of hydrogen-bond acceptors (Lipinski definition) is 6. The van der Waals surface area contributed by atoms with E-state index in [4.69, 9.17) is 5.84 Å². The number of rotatable bonds is 5. The molecule has 0 aliphatic carbocycles. The van der Waals surface area contributed by atoms with Crippen LogP contribution in [-0.4, -0.2) is 13.4 Å². The van der Waals surface area contributed by atoms with Crippen molar-refractivity contribution in [3.05, 3.63) is 38.1 Å². The van der Waals surface area contributed by atoms with Crippen LogP contribution in [0.2, 0.25) is 0 Å². The van der Waals surface area contributed by atoms with E-state index >= 15 is 0 Å². The van der Waals surface area contributed by atoms with Crippen molar-refractivity contribution < 1.29 is 8.42 Å². The van der Waals surface area contributed by atoms with Gasteiger partial charge in [-0.1, -0.05) is 0 Å². The Hall–Kier alpha value is -1.00. The fourth-order valence-electron chi connectivity index (χ4n) is 1.71. The standard InChI is InChI=1S/C12H15BrN4O2S2/c1-7-3-10(20-8(7)2)6-16-21(18,19)11-4-9(13)5-15-12(11)17-14/h3-5,16H,6,14H2,1-2H3,(H,15,17). The van der Waals surface area contributed by atoms with Crippen LogP contribution in [-0.2, 0) is 16.6 Å². The van der Waals surface area contributed by atoms with E-state index in [1.54, 1.807) is 11.3 Å². The number of aryl methyl sites for hydroxylation is 2. The van der Waals surface area contributed by atoms with Crippen LogP contribution in [0.4, 0.5) is 5.82 Å². The van der Waals surface area contributed by atoms with Gasteiger partial charge in [0.25, 0.3) is 0 Å². The second-order valence-electron chi connectivity index (χ2n) is 4.42. The predicted octanol–water partition coefficient (Wildman–Crippen LogP) is 2.29. The van der Waals surface area contributed by atoms with Crippen molar-refractivity contribution in [1.29, 1.82) is 0 Å². The highest BCUT2D eigenvalue weighted by molar-refractivity contribution is 9.10. The fraction of sp³-hybridized carbons (Fsp3) is 0.250. The maximum atomic E-state index is 12.4. The van der Waals surface area contributed by atoms with Crippen LogP contribution in [0.15, 0.2) is 27.7 Å². The average Bonchev–Trinajstić information content (AvgIpc) is 2.76. The van der Waals surface area contributed by atoms with Gasteiger partial charge in [-0.05, 0) is 47.5 Å². The Morgan fingerprint density at radius 1 is 1.38 bits per heavy atom. The first-order valence-corrected chi connectivity index (χ1v) is 9.10. The first-order chi connectivity index (χ1) is 9.83. The number of halogens is 1. The fourth-order valence-corrected chi connectivity index (χ4v) is 4.43. The minimum atomic E-state index is -3.71. The summed E-state index contributed by atoms with van der Waals surface area (Å²) in [6.07, 6.45) is 1.47. The molecule has 0 radical (unpaired) electrons. The lowest BCUT2D eigenvalue weighted by atomic mass is 10.3. The predicted molar refractivity (Wildman–Crippen MR) is 87.6 cm³/mol. The molecule has 0 amide bonds. The number of aromatic nitrogens is 1. The third-order valence-electron chi connectivity index (χ3n) is 2.90. The van der Waals surface area contributed by atoms with Crippen LogP contribution in [0.5, 0.6) is 0 Å². The number of nitrogens with one attached hydrogen (secondary N) is 2. The van der Waals surface area contributed by atoms with Crippen LogP contribution in [0.1, 0.15) is 15.3 Å². The van der Waals surface area contributed by atoms with E-state index in [-0.39, 0.29) is 17.3 Å². The summed E-state index contributed by atoms with van der Waals surface area (Å²) in [7, 11) is -3.71. The average molecular weight is 391 g/mol. The Kier molecular flexibility index (Phi) is 4.99. The van der Waals surface area contributed by atoms with Gasteiger partial charge < -0.3 is 5.43 Å². The van der Waals surface area contributed by atoms with Crippen molar-refractivity contribution in [1.82, 2.24) is 9.71 Å². The van der Waals surface area contributed by atoms with Crippen LogP contribution in [0.25, 0.3) is 0 Å². The van der Waals surface area contributed by atoms with Gasteiger partial charge >= 0.3 is 0 Å². The molecule has 6 nitrogen and oxygen atoms in total. The highest BCUT2D eigenvalue weighted by Gasteiger charge is 2.20. The first kappa shape index (κ1) is 16.4. The molecular weight excluding hydrogens is 376 g/mol. The normalized spacial score (nSPS) is 11.6. The van der Waals surface area contributed by atoms with Gasteiger partial charge in [0, 0.05) is 27.0 Å². The van der Waals surface area contributed by atoms with E-state index in [9.17, 15) is 8.42 Å². The number of hydrogen-bond donors (Lipinski definition) is 3. The molecule has 0 saturated carbocycles. The van der Waals surface area contributed by atoms with Crippen LogP contribution in [0.3, 0.4) is 0 Å². The van der Waals surface area contributed by atoms with Gasteiger partial charge in [-0.3, -0.25) is 0 Å². The number of hydrazine groups is 1.